The van der Waals surface area contributed by atoms with Gasteiger partial charge in [0, 0.05) is 10.8 Å². The lowest BCUT2D eigenvalue weighted by Gasteiger charge is -2.19. The number of halogens is 4. The van der Waals surface area contributed by atoms with Crippen LogP contribution in [0.5, 0.6) is 11.5 Å². The monoisotopic (exact) mass is 460 g/mol. The molecule has 0 aliphatic heterocycles. The Labute approximate surface area is 188 Å². The summed E-state index contributed by atoms with van der Waals surface area (Å²) < 4.78 is 28.9. The Morgan fingerprint density at radius 1 is 0.839 bits per heavy atom. The Kier molecular flexibility index (Phi) is 5.71. The van der Waals surface area contributed by atoms with Crippen LogP contribution in [0.1, 0.15) is 36.5 Å². The number of aryl methyl sites for hydroxylation is 1. The predicted molar refractivity (Wildman–Crippen MR) is 123 cm³/mol. The van der Waals surface area contributed by atoms with Crippen LogP contribution in [-0.4, -0.2) is 10.2 Å². The lowest BCUT2D eigenvalue weighted by molar-refractivity contribution is 0.474. The molecule has 0 aliphatic carbocycles. The van der Waals surface area contributed by atoms with Crippen molar-refractivity contribution < 1.29 is 19.0 Å². The van der Waals surface area contributed by atoms with Crippen LogP contribution >= 0.6 is 23.2 Å². The van der Waals surface area contributed by atoms with Gasteiger partial charge in [-0.05, 0) is 82.6 Å². The highest BCUT2D eigenvalue weighted by Gasteiger charge is 2.20. The molecule has 0 saturated heterocycles. The van der Waals surface area contributed by atoms with Crippen molar-refractivity contribution in [1.82, 2.24) is 0 Å². The topological polar surface area (TPSA) is 40.5 Å². The average molecular weight is 461 g/mol. The van der Waals surface area contributed by atoms with Crippen molar-refractivity contribution in [3.05, 3.63) is 80.8 Å². The van der Waals surface area contributed by atoms with Gasteiger partial charge >= 0.3 is 0 Å². The van der Waals surface area contributed by atoms with Gasteiger partial charge in [-0.2, -0.15) is 0 Å². The van der Waals surface area contributed by atoms with E-state index in [0.717, 1.165) is 5.56 Å². The minimum atomic E-state index is -0.547. The first-order valence-electron chi connectivity index (χ1n) is 9.94. The average Bonchev–Trinajstić information content (AvgIpc) is 2.73. The molecule has 4 aromatic carbocycles. The van der Waals surface area contributed by atoms with Gasteiger partial charge < -0.3 is 10.2 Å². The minimum absolute atomic E-state index is 0.0163. The van der Waals surface area contributed by atoms with Crippen LogP contribution in [0.4, 0.5) is 8.78 Å². The van der Waals surface area contributed by atoms with Gasteiger partial charge in [-0.25, -0.2) is 8.78 Å². The van der Waals surface area contributed by atoms with Crippen LogP contribution in [0.2, 0.25) is 10.0 Å². The third-order valence-corrected chi connectivity index (χ3v) is 6.48. The van der Waals surface area contributed by atoms with Gasteiger partial charge in [0.05, 0.1) is 10.0 Å². The Balaban J connectivity index is 1.91. The van der Waals surface area contributed by atoms with Crippen molar-refractivity contribution in [2.75, 3.05) is 0 Å². The van der Waals surface area contributed by atoms with E-state index in [-0.39, 0.29) is 27.5 Å². The quantitative estimate of drug-likeness (QED) is 0.324. The molecule has 0 saturated carbocycles. The van der Waals surface area contributed by atoms with E-state index in [1.54, 1.807) is 24.3 Å². The molecule has 0 bridgehead atoms. The SMILES string of the molecule is CCc1cc(O)cc2c(CC(C)c3cc(O)cc4ccc(F)c(Cl)c34)cc(F)c(Cl)c12. The van der Waals surface area contributed by atoms with Crippen molar-refractivity contribution in [2.45, 2.75) is 32.6 Å². The number of phenolic OH excluding ortho intramolecular Hbond substituents is 2. The zero-order valence-electron chi connectivity index (χ0n) is 16.9. The van der Waals surface area contributed by atoms with Gasteiger partial charge in [0.15, 0.2) is 0 Å². The van der Waals surface area contributed by atoms with Crippen LogP contribution in [0, 0.1) is 11.6 Å². The van der Waals surface area contributed by atoms with E-state index in [9.17, 15) is 19.0 Å². The summed E-state index contributed by atoms with van der Waals surface area (Å²) in [6.07, 6.45) is 0.942. The minimum Gasteiger partial charge on any atom is -0.508 e. The van der Waals surface area contributed by atoms with Crippen molar-refractivity contribution in [2.24, 2.45) is 0 Å². The first-order valence-corrected chi connectivity index (χ1v) is 10.7. The van der Waals surface area contributed by atoms with Crippen LogP contribution in [0.15, 0.2) is 42.5 Å². The molecule has 2 N–H and O–H groups in total. The Morgan fingerprint density at radius 2 is 1.52 bits per heavy atom. The van der Waals surface area contributed by atoms with Crippen LogP contribution in [0.3, 0.4) is 0 Å². The highest BCUT2D eigenvalue weighted by molar-refractivity contribution is 6.36. The zero-order chi connectivity index (χ0) is 22.4. The highest BCUT2D eigenvalue weighted by Crippen LogP contribution is 2.40. The second-order valence-corrected chi connectivity index (χ2v) is 8.57. The first-order chi connectivity index (χ1) is 14.7. The van der Waals surface area contributed by atoms with Gasteiger partial charge in [0.1, 0.15) is 23.1 Å². The summed E-state index contributed by atoms with van der Waals surface area (Å²) in [6.45, 7) is 3.81. The van der Waals surface area contributed by atoms with Crippen LogP contribution in [0.25, 0.3) is 21.5 Å². The number of rotatable bonds is 4. The van der Waals surface area contributed by atoms with Gasteiger partial charge in [0.25, 0.3) is 0 Å². The largest absolute Gasteiger partial charge is 0.508 e. The molecular formula is C25H20Cl2F2O2. The van der Waals surface area contributed by atoms with E-state index in [4.69, 9.17) is 23.2 Å². The summed E-state index contributed by atoms with van der Waals surface area (Å²) in [5.41, 5.74) is 2.05. The molecular weight excluding hydrogens is 441 g/mol. The Bertz CT molecular complexity index is 1340. The van der Waals surface area contributed by atoms with E-state index in [2.05, 4.69) is 0 Å². The molecule has 6 heteroatoms. The molecule has 0 fully saturated rings. The normalized spacial score (nSPS) is 12.6. The van der Waals surface area contributed by atoms with Crippen molar-refractivity contribution in [3.63, 3.8) is 0 Å². The molecule has 4 aromatic rings. The molecule has 0 heterocycles. The Hall–Kier alpha value is -2.56. The number of hydrogen-bond acceptors (Lipinski definition) is 2. The second kappa shape index (κ2) is 8.18. The van der Waals surface area contributed by atoms with Gasteiger partial charge in [0.2, 0.25) is 0 Å². The third-order valence-electron chi connectivity index (χ3n) is 5.74. The summed E-state index contributed by atoms with van der Waals surface area (Å²) in [5, 5.41) is 22.8. The molecule has 160 valence electrons. The van der Waals surface area contributed by atoms with E-state index < -0.39 is 11.6 Å². The fourth-order valence-electron chi connectivity index (χ4n) is 4.30. The number of benzene rings is 4. The number of fused-ring (bicyclic) bond motifs is 2. The molecule has 31 heavy (non-hydrogen) atoms. The van der Waals surface area contributed by atoms with Gasteiger partial charge in [-0.3, -0.25) is 0 Å². The molecule has 0 amide bonds. The van der Waals surface area contributed by atoms with Crippen LogP contribution in [-0.2, 0) is 12.8 Å². The maximum atomic E-state index is 14.7. The lowest BCUT2D eigenvalue weighted by atomic mass is 9.87. The van der Waals surface area contributed by atoms with E-state index in [1.165, 1.54) is 18.2 Å². The molecule has 1 atom stereocenters. The summed E-state index contributed by atoms with van der Waals surface area (Å²) >= 11 is 12.5. The zero-order valence-corrected chi connectivity index (χ0v) is 18.5. The number of aromatic hydroxyl groups is 2. The highest BCUT2D eigenvalue weighted by atomic mass is 35.5. The van der Waals surface area contributed by atoms with Gasteiger partial charge in [-0.15, -0.1) is 0 Å². The van der Waals surface area contributed by atoms with E-state index in [0.29, 0.717) is 45.5 Å². The van der Waals surface area contributed by atoms with Crippen molar-refractivity contribution >= 4 is 44.7 Å². The maximum Gasteiger partial charge on any atom is 0.142 e. The molecule has 1 unspecified atom stereocenters. The molecule has 0 radical (unpaired) electrons. The standard InChI is InChI=1S/C25H20Cl2F2O2/c1-3-13-7-16(30)11-19-15(9-21(29)25(27)22(13)19)6-12(2)18-10-17(31)8-14-4-5-20(28)24(26)23(14)18/h4-5,7-12,30-31H,3,6H2,1-2H3. The number of hydrogen-bond donors (Lipinski definition) is 2. The fourth-order valence-corrected chi connectivity index (χ4v) is 4.86. The van der Waals surface area contributed by atoms with Crippen LogP contribution < -0.4 is 0 Å². The fraction of sp³-hybridized carbons (Fsp3) is 0.200. The number of phenols is 2. The molecule has 0 spiro atoms. The molecule has 0 aliphatic rings. The summed E-state index contributed by atoms with van der Waals surface area (Å²) in [4.78, 5) is 0. The van der Waals surface area contributed by atoms with Gasteiger partial charge in [-0.1, -0.05) is 43.1 Å². The van der Waals surface area contributed by atoms with Crippen molar-refractivity contribution in [1.29, 1.82) is 0 Å². The molecule has 4 rings (SSSR count). The first kappa shape index (κ1) is 21.7. The predicted octanol–water partition coefficient (Wildman–Crippen LogP) is 7.90. The maximum absolute atomic E-state index is 14.7. The third kappa shape index (κ3) is 3.79. The summed E-state index contributed by atoms with van der Waals surface area (Å²) in [6, 6.07) is 10.4. The smallest absolute Gasteiger partial charge is 0.142 e. The van der Waals surface area contributed by atoms with Crippen molar-refractivity contribution in [3.8, 4) is 11.5 Å². The summed E-state index contributed by atoms with van der Waals surface area (Å²) in [5.74, 6) is -1.22. The van der Waals surface area contributed by atoms with E-state index >= 15 is 0 Å². The molecule has 0 aromatic heterocycles. The Morgan fingerprint density at radius 3 is 2.23 bits per heavy atom. The lowest BCUT2D eigenvalue weighted by Crippen LogP contribution is -2.03. The second-order valence-electron chi connectivity index (χ2n) is 7.81. The summed E-state index contributed by atoms with van der Waals surface area (Å²) in [7, 11) is 0. The van der Waals surface area contributed by atoms with E-state index in [1.807, 2.05) is 13.8 Å². The molecule has 2 nitrogen and oxygen atoms in total.